The molecule has 1 atom stereocenters. The molecule has 2 aromatic carbocycles. The zero-order valence-electron chi connectivity index (χ0n) is 13.3. The smallest absolute Gasteiger partial charge is 0.251 e. The Labute approximate surface area is 154 Å². The van der Waals surface area contributed by atoms with E-state index in [1.807, 2.05) is 67.7 Å². The molecule has 122 valence electrons. The predicted molar refractivity (Wildman–Crippen MR) is 104 cm³/mol. The first kappa shape index (κ1) is 16.7. The number of aromatic amines is 1. The molecule has 24 heavy (non-hydrogen) atoms. The Bertz CT molecular complexity index is 812. The van der Waals surface area contributed by atoms with Crippen molar-refractivity contribution in [2.24, 2.45) is 0 Å². The molecule has 1 unspecified atom stereocenters. The molecule has 3 aromatic rings. The minimum Gasteiger partial charge on any atom is -0.342 e. The molecule has 0 fully saturated rings. The monoisotopic (exact) mass is 431 g/mol. The van der Waals surface area contributed by atoms with E-state index in [0.29, 0.717) is 5.56 Å². The van der Waals surface area contributed by atoms with Gasteiger partial charge in [-0.25, -0.2) is 4.98 Å². The minimum absolute atomic E-state index is 0.0871. The number of carbonyl (C=O) groups excluding carboxylic acids is 1. The van der Waals surface area contributed by atoms with Crippen molar-refractivity contribution >= 4 is 28.5 Å². The number of imidazole rings is 1. The summed E-state index contributed by atoms with van der Waals surface area (Å²) in [6, 6.07) is 17.4. The maximum Gasteiger partial charge on any atom is 0.251 e. The van der Waals surface area contributed by atoms with E-state index in [4.69, 9.17) is 0 Å². The normalized spacial score (nSPS) is 11.9. The van der Waals surface area contributed by atoms with Gasteiger partial charge in [-0.05, 0) is 58.8 Å². The Morgan fingerprint density at radius 2 is 1.88 bits per heavy atom. The molecule has 0 bridgehead atoms. The highest BCUT2D eigenvalue weighted by Crippen LogP contribution is 2.20. The van der Waals surface area contributed by atoms with Crippen LogP contribution in [0.15, 0.2) is 60.8 Å². The third-order valence-corrected chi connectivity index (χ3v) is 4.55. The van der Waals surface area contributed by atoms with Crippen molar-refractivity contribution in [1.82, 2.24) is 15.3 Å². The quantitative estimate of drug-likeness (QED) is 0.582. The van der Waals surface area contributed by atoms with Crippen LogP contribution >= 0.6 is 22.6 Å². The number of nitrogens with zero attached hydrogens (tertiary/aromatic N) is 1. The van der Waals surface area contributed by atoms with Crippen LogP contribution in [0, 0.1) is 3.57 Å². The van der Waals surface area contributed by atoms with E-state index in [2.05, 4.69) is 37.9 Å². The van der Waals surface area contributed by atoms with Crippen molar-refractivity contribution in [2.45, 2.75) is 19.4 Å². The van der Waals surface area contributed by atoms with Crippen LogP contribution in [0.25, 0.3) is 11.3 Å². The fourth-order valence-electron chi connectivity index (χ4n) is 2.48. The van der Waals surface area contributed by atoms with E-state index in [1.54, 1.807) is 0 Å². The van der Waals surface area contributed by atoms with Gasteiger partial charge in [-0.2, -0.15) is 0 Å². The maximum absolute atomic E-state index is 12.4. The molecule has 0 saturated carbocycles. The van der Waals surface area contributed by atoms with Crippen molar-refractivity contribution < 1.29 is 4.79 Å². The Morgan fingerprint density at radius 1 is 1.17 bits per heavy atom. The second-order valence-corrected chi connectivity index (χ2v) is 6.73. The van der Waals surface area contributed by atoms with Crippen molar-refractivity contribution in [2.75, 3.05) is 0 Å². The molecule has 1 heterocycles. The first-order valence-electron chi connectivity index (χ1n) is 7.84. The number of benzene rings is 2. The van der Waals surface area contributed by atoms with Gasteiger partial charge in [0.1, 0.15) is 5.82 Å². The van der Waals surface area contributed by atoms with Gasteiger partial charge in [-0.3, -0.25) is 4.79 Å². The Morgan fingerprint density at radius 3 is 2.54 bits per heavy atom. The lowest BCUT2D eigenvalue weighted by atomic mass is 10.1. The lowest BCUT2D eigenvalue weighted by Crippen LogP contribution is -2.28. The number of aromatic nitrogens is 2. The largest absolute Gasteiger partial charge is 0.342 e. The second-order valence-electron chi connectivity index (χ2n) is 5.49. The van der Waals surface area contributed by atoms with E-state index in [1.165, 1.54) is 0 Å². The Kier molecular flexibility index (Phi) is 5.30. The average molecular weight is 431 g/mol. The molecule has 0 aliphatic rings. The first-order valence-corrected chi connectivity index (χ1v) is 8.92. The highest BCUT2D eigenvalue weighted by molar-refractivity contribution is 14.1. The SMILES string of the molecule is CCC(NC(=O)c1ccc(I)cc1)c1ncc(-c2ccccc2)[nH]1. The molecule has 4 nitrogen and oxygen atoms in total. The van der Waals surface area contributed by atoms with Crippen molar-refractivity contribution in [1.29, 1.82) is 0 Å². The van der Waals surface area contributed by atoms with Crippen LogP contribution in [-0.4, -0.2) is 15.9 Å². The summed E-state index contributed by atoms with van der Waals surface area (Å²) in [4.78, 5) is 20.2. The van der Waals surface area contributed by atoms with Gasteiger partial charge in [-0.1, -0.05) is 37.3 Å². The number of H-pyrrole nitrogens is 1. The highest BCUT2D eigenvalue weighted by Gasteiger charge is 2.17. The van der Waals surface area contributed by atoms with Gasteiger partial charge in [0.25, 0.3) is 5.91 Å². The number of halogens is 1. The summed E-state index contributed by atoms with van der Waals surface area (Å²) in [6.45, 7) is 2.03. The van der Waals surface area contributed by atoms with Crippen LogP contribution in [0.5, 0.6) is 0 Å². The molecule has 1 aromatic heterocycles. The van der Waals surface area contributed by atoms with E-state index in [-0.39, 0.29) is 11.9 Å². The summed E-state index contributed by atoms with van der Waals surface area (Å²) in [7, 11) is 0. The number of nitrogens with one attached hydrogen (secondary N) is 2. The van der Waals surface area contributed by atoms with E-state index in [0.717, 1.165) is 27.1 Å². The molecular weight excluding hydrogens is 413 g/mol. The molecule has 0 spiro atoms. The van der Waals surface area contributed by atoms with Crippen molar-refractivity contribution in [3.63, 3.8) is 0 Å². The summed E-state index contributed by atoms with van der Waals surface area (Å²) in [5.74, 6) is 0.686. The van der Waals surface area contributed by atoms with Crippen LogP contribution in [0.4, 0.5) is 0 Å². The maximum atomic E-state index is 12.4. The van der Waals surface area contributed by atoms with Gasteiger partial charge in [0.15, 0.2) is 0 Å². The molecule has 1 amide bonds. The molecule has 2 N–H and O–H groups in total. The predicted octanol–water partition coefficient (Wildman–Crippen LogP) is 4.56. The van der Waals surface area contributed by atoms with Crippen molar-refractivity contribution in [3.05, 3.63) is 75.8 Å². The number of amides is 1. The third-order valence-electron chi connectivity index (χ3n) is 3.83. The summed E-state index contributed by atoms with van der Waals surface area (Å²) in [5, 5.41) is 3.05. The fraction of sp³-hybridized carbons (Fsp3) is 0.158. The van der Waals surface area contributed by atoms with Gasteiger partial charge < -0.3 is 10.3 Å². The lowest BCUT2D eigenvalue weighted by molar-refractivity contribution is 0.0934. The van der Waals surface area contributed by atoms with Gasteiger partial charge >= 0.3 is 0 Å². The Hall–Kier alpha value is -2.15. The molecule has 0 saturated heterocycles. The zero-order valence-corrected chi connectivity index (χ0v) is 15.4. The van der Waals surface area contributed by atoms with E-state index in [9.17, 15) is 4.79 Å². The van der Waals surface area contributed by atoms with Crippen LogP contribution in [0.2, 0.25) is 0 Å². The van der Waals surface area contributed by atoms with Crippen LogP contribution in [-0.2, 0) is 0 Å². The molecule has 0 radical (unpaired) electrons. The van der Waals surface area contributed by atoms with Gasteiger partial charge in [0.05, 0.1) is 17.9 Å². The van der Waals surface area contributed by atoms with Crippen molar-refractivity contribution in [3.8, 4) is 11.3 Å². The van der Waals surface area contributed by atoms with Crippen LogP contribution in [0.3, 0.4) is 0 Å². The van der Waals surface area contributed by atoms with Gasteiger partial charge in [0, 0.05) is 9.13 Å². The first-order chi connectivity index (χ1) is 11.7. The van der Waals surface area contributed by atoms with E-state index < -0.39 is 0 Å². The minimum atomic E-state index is -0.144. The number of hydrogen-bond donors (Lipinski definition) is 2. The molecule has 5 heteroatoms. The number of rotatable bonds is 5. The molecule has 3 rings (SSSR count). The van der Waals surface area contributed by atoms with Crippen LogP contribution in [0.1, 0.15) is 35.6 Å². The standard InChI is InChI=1S/C19H18IN3O/c1-2-16(23-19(24)14-8-10-15(20)11-9-14)18-21-12-17(22-18)13-6-4-3-5-7-13/h3-12,16H,2H2,1H3,(H,21,22)(H,23,24). The average Bonchev–Trinajstić information content (AvgIpc) is 3.11. The van der Waals surface area contributed by atoms with Gasteiger partial charge in [-0.15, -0.1) is 0 Å². The van der Waals surface area contributed by atoms with E-state index >= 15 is 0 Å². The molecule has 0 aliphatic heterocycles. The lowest BCUT2D eigenvalue weighted by Gasteiger charge is -2.15. The third kappa shape index (κ3) is 3.84. The fourth-order valence-corrected chi connectivity index (χ4v) is 2.84. The summed E-state index contributed by atoms with van der Waals surface area (Å²) < 4.78 is 1.11. The zero-order chi connectivity index (χ0) is 16.9. The second kappa shape index (κ2) is 7.61. The summed E-state index contributed by atoms with van der Waals surface area (Å²) in [5.41, 5.74) is 2.69. The highest BCUT2D eigenvalue weighted by atomic mass is 127. The number of hydrogen-bond acceptors (Lipinski definition) is 2. The number of carbonyl (C=O) groups is 1. The molecular formula is C19H18IN3O. The molecule has 0 aliphatic carbocycles. The summed E-state index contributed by atoms with van der Waals surface area (Å²) in [6.07, 6.45) is 2.57. The van der Waals surface area contributed by atoms with Crippen LogP contribution < -0.4 is 5.32 Å². The summed E-state index contributed by atoms with van der Waals surface area (Å²) >= 11 is 2.22. The Balaban J connectivity index is 1.76. The van der Waals surface area contributed by atoms with Gasteiger partial charge in [0.2, 0.25) is 0 Å². The topological polar surface area (TPSA) is 57.8 Å².